The van der Waals surface area contributed by atoms with Crippen molar-refractivity contribution in [1.82, 2.24) is 4.90 Å². The molecule has 104 valence electrons. The molecule has 3 nitrogen and oxygen atoms in total. The van der Waals surface area contributed by atoms with Gasteiger partial charge >= 0.3 is 0 Å². The highest BCUT2D eigenvalue weighted by molar-refractivity contribution is 5.82. The molecule has 0 aromatic heterocycles. The van der Waals surface area contributed by atoms with Gasteiger partial charge in [-0.25, -0.2) is 0 Å². The molecule has 2 rings (SSSR count). The minimum Gasteiger partial charge on any atom is -0.380 e. The van der Waals surface area contributed by atoms with Crippen LogP contribution < -0.4 is 0 Å². The van der Waals surface area contributed by atoms with Crippen LogP contribution in [-0.2, 0) is 9.53 Å². The van der Waals surface area contributed by atoms with Gasteiger partial charge in [0.1, 0.15) is 5.78 Å². The second-order valence-electron chi connectivity index (χ2n) is 6.22. The van der Waals surface area contributed by atoms with Crippen LogP contribution in [0, 0.1) is 17.8 Å². The van der Waals surface area contributed by atoms with Crippen molar-refractivity contribution in [2.75, 3.05) is 32.8 Å². The molecule has 2 unspecified atom stereocenters. The van der Waals surface area contributed by atoms with E-state index in [1.54, 1.807) is 0 Å². The summed E-state index contributed by atoms with van der Waals surface area (Å²) in [5.74, 6) is 2.21. The fourth-order valence-electron chi connectivity index (χ4n) is 3.19. The van der Waals surface area contributed by atoms with Gasteiger partial charge in [-0.15, -0.1) is 0 Å². The van der Waals surface area contributed by atoms with E-state index >= 15 is 0 Å². The fraction of sp³-hybridized carbons (Fsp3) is 0.933. The Labute approximate surface area is 111 Å². The number of hydrogen-bond acceptors (Lipinski definition) is 3. The van der Waals surface area contributed by atoms with Gasteiger partial charge in [0.15, 0.2) is 0 Å². The molecule has 0 radical (unpaired) electrons. The summed E-state index contributed by atoms with van der Waals surface area (Å²) in [6.07, 6.45) is 4.54. The van der Waals surface area contributed by atoms with E-state index in [1.807, 2.05) is 0 Å². The summed E-state index contributed by atoms with van der Waals surface area (Å²) in [7, 11) is 0. The quantitative estimate of drug-likeness (QED) is 0.773. The molecular formula is C15H27NO2. The Kier molecular flexibility index (Phi) is 5.19. The van der Waals surface area contributed by atoms with Gasteiger partial charge in [0.2, 0.25) is 0 Å². The summed E-state index contributed by atoms with van der Waals surface area (Å²) < 4.78 is 5.44. The van der Waals surface area contributed by atoms with Gasteiger partial charge in [0.25, 0.3) is 0 Å². The fourth-order valence-corrected chi connectivity index (χ4v) is 3.19. The third-order valence-electron chi connectivity index (χ3n) is 4.55. The molecule has 2 aliphatic rings. The zero-order chi connectivity index (χ0) is 13.0. The predicted octanol–water partition coefficient (Wildman–Crippen LogP) is 2.35. The Morgan fingerprint density at radius 1 is 1.33 bits per heavy atom. The first-order valence-electron chi connectivity index (χ1n) is 7.49. The molecule has 2 fully saturated rings. The number of carbonyl (C=O) groups is 1. The third kappa shape index (κ3) is 3.79. The first-order valence-corrected chi connectivity index (χ1v) is 7.49. The van der Waals surface area contributed by atoms with Crippen LogP contribution in [0.4, 0.5) is 0 Å². The van der Waals surface area contributed by atoms with E-state index in [2.05, 4.69) is 18.7 Å². The van der Waals surface area contributed by atoms with Crippen LogP contribution in [0.1, 0.15) is 39.5 Å². The maximum absolute atomic E-state index is 11.8. The monoisotopic (exact) mass is 253 g/mol. The van der Waals surface area contributed by atoms with Crippen LogP contribution >= 0.6 is 0 Å². The van der Waals surface area contributed by atoms with Crippen molar-refractivity contribution in [2.45, 2.75) is 39.5 Å². The summed E-state index contributed by atoms with van der Waals surface area (Å²) in [6, 6.07) is 0. The molecule has 0 spiro atoms. The van der Waals surface area contributed by atoms with E-state index in [0.29, 0.717) is 25.4 Å². The van der Waals surface area contributed by atoms with Gasteiger partial charge in [0, 0.05) is 13.0 Å². The molecule has 2 aliphatic heterocycles. The van der Waals surface area contributed by atoms with E-state index in [-0.39, 0.29) is 5.92 Å². The van der Waals surface area contributed by atoms with E-state index in [4.69, 9.17) is 4.74 Å². The third-order valence-corrected chi connectivity index (χ3v) is 4.55. The normalized spacial score (nSPS) is 31.6. The molecule has 2 heterocycles. The Morgan fingerprint density at radius 2 is 2.17 bits per heavy atom. The SMILES string of the molecule is CC(C)C1CCCN(CC2COCCC2=O)CC1. The number of nitrogens with zero attached hydrogens (tertiary/aromatic N) is 1. The Hall–Kier alpha value is -0.410. The van der Waals surface area contributed by atoms with Crippen molar-refractivity contribution in [1.29, 1.82) is 0 Å². The van der Waals surface area contributed by atoms with Crippen molar-refractivity contribution in [2.24, 2.45) is 17.8 Å². The molecule has 0 amide bonds. The Balaban J connectivity index is 1.81. The highest BCUT2D eigenvalue weighted by Crippen LogP contribution is 2.25. The zero-order valence-electron chi connectivity index (χ0n) is 11.9. The lowest BCUT2D eigenvalue weighted by atomic mass is 9.89. The molecule has 18 heavy (non-hydrogen) atoms. The molecule has 0 aromatic rings. The lowest BCUT2D eigenvalue weighted by molar-refractivity contribution is -0.131. The standard InChI is InChI=1S/C15H27NO2/c1-12(2)13-4-3-7-16(8-5-13)10-14-11-18-9-6-15(14)17/h12-14H,3-11H2,1-2H3. The average molecular weight is 253 g/mol. The highest BCUT2D eigenvalue weighted by atomic mass is 16.5. The molecule has 2 atom stereocenters. The molecule has 0 N–H and O–H groups in total. The number of hydrogen-bond donors (Lipinski definition) is 0. The second-order valence-corrected chi connectivity index (χ2v) is 6.22. The van der Waals surface area contributed by atoms with Gasteiger partial charge in [-0.3, -0.25) is 4.79 Å². The van der Waals surface area contributed by atoms with Crippen molar-refractivity contribution in [3.63, 3.8) is 0 Å². The number of ether oxygens (including phenoxy) is 1. The first-order chi connectivity index (χ1) is 8.66. The average Bonchev–Trinajstić information content (AvgIpc) is 2.58. The number of carbonyl (C=O) groups excluding carboxylic acids is 1. The molecule has 3 heteroatoms. The minimum absolute atomic E-state index is 0.134. The van der Waals surface area contributed by atoms with E-state index in [0.717, 1.165) is 31.5 Å². The van der Waals surface area contributed by atoms with Crippen LogP contribution in [0.2, 0.25) is 0 Å². The van der Waals surface area contributed by atoms with E-state index < -0.39 is 0 Å². The van der Waals surface area contributed by atoms with Crippen LogP contribution in [0.5, 0.6) is 0 Å². The van der Waals surface area contributed by atoms with Crippen molar-refractivity contribution in [3.05, 3.63) is 0 Å². The summed E-state index contributed by atoms with van der Waals surface area (Å²) in [4.78, 5) is 14.3. The number of Topliss-reactive ketones (excluding diaryl/α,β-unsaturated/α-hetero) is 1. The van der Waals surface area contributed by atoms with E-state index in [1.165, 1.54) is 19.3 Å². The number of ketones is 1. The maximum atomic E-state index is 11.8. The molecule has 2 saturated heterocycles. The topological polar surface area (TPSA) is 29.5 Å². The van der Waals surface area contributed by atoms with Gasteiger partial charge in [0.05, 0.1) is 19.1 Å². The molecular weight excluding hydrogens is 226 g/mol. The largest absolute Gasteiger partial charge is 0.380 e. The first kappa shape index (κ1) is 14.0. The van der Waals surface area contributed by atoms with Crippen LogP contribution in [0.25, 0.3) is 0 Å². The molecule has 0 bridgehead atoms. The zero-order valence-corrected chi connectivity index (χ0v) is 11.9. The molecule has 0 aliphatic carbocycles. The van der Waals surface area contributed by atoms with E-state index in [9.17, 15) is 4.79 Å². The lowest BCUT2D eigenvalue weighted by Gasteiger charge is -2.28. The van der Waals surface area contributed by atoms with Crippen LogP contribution in [-0.4, -0.2) is 43.5 Å². The molecule has 0 saturated carbocycles. The van der Waals surface area contributed by atoms with Crippen molar-refractivity contribution < 1.29 is 9.53 Å². The van der Waals surface area contributed by atoms with Gasteiger partial charge < -0.3 is 9.64 Å². The second kappa shape index (κ2) is 6.67. The van der Waals surface area contributed by atoms with Crippen molar-refractivity contribution >= 4 is 5.78 Å². The van der Waals surface area contributed by atoms with Gasteiger partial charge in [-0.1, -0.05) is 13.8 Å². The molecule has 0 aromatic carbocycles. The summed E-state index contributed by atoms with van der Waals surface area (Å²) >= 11 is 0. The Morgan fingerprint density at radius 3 is 2.89 bits per heavy atom. The number of rotatable bonds is 3. The summed E-state index contributed by atoms with van der Waals surface area (Å²) in [6.45, 7) is 9.18. The predicted molar refractivity (Wildman–Crippen MR) is 72.6 cm³/mol. The summed E-state index contributed by atoms with van der Waals surface area (Å²) in [5, 5.41) is 0. The van der Waals surface area contributed by atoms with Crippen molar-refractivity contribution in [3.8, 4) is 0 Å². The Bertz CT molecular complexity index is 278. The highest BCUT2D eigenvalue weighted by Gasteiger charge is 2.27. The van der Waals surface area contributed by atoms with Crippen LogP contribution in [0.3, 0.4) is 0 Å². The smallest absolute Gasteiger partial charge is 0.141 e. The van der Waals surface area contributed by atoms with Gasteiger partial charge in [-0.2, -0.15) is 0 Å². The van der Waals surface area contributed by atoms with Crippen LogP contribution in [0.15, 0.2) is 0 Å². The maximum Gasteiger partial charge on any atom is 0.141 e. The number of likely N-dealkylation sites (tertiary alicyclic amines) is 1. The summed E-state index contributed by atoms with van der Waals surface area (Å²) in [5.41, 5.74) is 0. The minimum atomic E-state index is 0.134. The lowest BCUT2D eigenvalue weighted by Crippen LogP contribution is -2.39. The van der Waals surface area contributed by atoms with Gasteiger partial charge in [-0.05, 0) is 44.2 Å².